The second kappa shape index (κ2) is 4.24. The van der Waals surface area contributed by atoms with Crippen molar-refractivity contribution in [1.29, 1.82) is 0 Å². The van der Waals surface area contributed by atoms with E-state index in [1.54, 1.807) is 11.8 Å². The molecule has 3 N–H and O–H groups in total. The lowest BCUT2D eigenvalue weighted by molar-refractivity contribution is -0.367. The van der Waals surface area contributed by atoms with E-state index in [9.17, 15) is 0 Å². The van der Waals surface area contributed by atoms with Crippen LogP contribution in [-0.4, -0.2) is 27.8 Å². The molecule has 0 aliphatic rings. The minimum Gasteiger partial charge on any atom is -0.358 e. The van der Waals surface area contributed by atoms with Gasteiger partial charge in [0.1, 0.15) is 0 Å². The van der Waals surface area contributed by atoms with Crippen molar-refractivity contribution in [2.75, 3.05) is 12.3 Å². The van der Waals surface area contributed by atoms with E-state index < -0.39 is 0 Å². The maximum atomic E-state index is 3.72. The van der Waals surface area contributed by atoms with Gasteiger partial charge in [0.2, 0.25) is 0 Å². The van der Waals surface area contributed by atoms with Crippen LogP contribution >= 0.6 is 11.8 Å². The van der Waals surface area contributed by atoms with E-state index in [0.29, 0.717) is 5.16 Å². The molecule has 10 heavy (non-hydrogen) atoms. The number of thioether (sulfide) groups is 1. The molecular formula is C4H9N5S. The van der Waals surface area contributed by atoms with Crippen LogP contribution in [0.25, 0.3) is 0 Å². The van der Waals surface area contributed by atoms with Gasteiger partial charge >= 0.3 is 0 Å². The molecule has 0 atom stereocenters. The van der Waals surface area contributed by atoms with Gasteiger partial charge in [-0.2, -0.15) is 5.21 Å². The first-order valence-corrected chi connectivity index (χ1v) is 4.03. The Morgan fingerprint density at radius 1 is 1.60 bits per heavy atom. The summed E-state index contributed by atoms with van der Waals surface area (Å²) in [7, 11) is 0. The van der Waals surface area contributed by atoms with E-state index in [4.69, 9.17) is 0 Å². The highest BCUT2D eigenvalue weighted by Gasteiger charge is 1.88. The number of nitrogens with zero attached hydrogens (tertiary/aromatic N) is 4. The molecule has 0 aliphatic heterocycles. The second-order valence-electron chi connectivity index (χ2n) is 1.72. The van der Waals surface area contributed by atoms with E-state index in [1.807, 2.05) is 0 Å². The van der Waals surface area contributed by atoms with Crippen LogP contribution in [0.1, 0.15) is 6.42 Å². The van der Waals surface area contributed by atoms with Gasteiger partial charge in [0, 0.05) is 12.2 Å². The van der Waals surface area contributed by atoms with Crippen LogP contribution < -0.4 is 10.8 Å². The quantitative estimate of drug-likeness (QED) is 0.429. The molecule has 0 radical (unpaired) electrons. The maximum absolute atomic E-state index is 3.72. The molecule has 1 heterocycles. The van der Waals surface area contributed by atoms with Gasteiger partial charge in [-0.15, -0.1) is 11.8 Å². The van der Waals surface area contributed by atoms with Crippen LogP contribution in [0.2, 0.25) is 0 Å². The highest BCUT2D eigenvalue weighted by atomic mass is 32.2. The molecule has 0 spiro atoms. The molecule has 5 nitrogen and oxygen atoms in total. The number of aromatic nitrogens is 4. The minimum atomic E-state index is 0.661. The first kappa shape index (κ1) is 7.49. The lowest BCUT2D eigenvalue weighted by Gasteiger charge is -1.95. The third-order valence-electron chi connectivity index (χ3n) is 0.926. The van der Waals surface area contributed by atoms with Crippen LogP contribution in [0.5, 0.6) is 0 Å². The molecule has 1 aromatic heterocycles. The predicted octanol–water partition coefficient (Wildman–Crippen LogP) is -1.45. The summed E-state index contributed by atoms with van der Waals surface area (Å²) in [6, 6.07) is 0. The summed E-state index contributed by atoms with van der Waals surface area (Å²) in [5.74, 6) is 0.997. The Labute approximate surface area is 62.8 Å². The van der Waals surface area contributed by atoms with Crippen LogP contribution in [0.4, 0.5) is 0 Å². The third kappa shape index (κ3) is 2.32. The van der Waals surface area contributed by atoms with Gasteiger partial charge in [-0.3, -0.25) is 10.3 Å². The van der Waals surface area contributed by atoms with Crippen LogP contribution in [0, 0.1) is 0 Å². The first-order chi connectivity index (χ1) is 4.93. The SMILES string of the molecule is [NH3+]CCCSc1nnn[n-]1. The molecule has 6 heteroatoms. The van der Waals surface area contributed by atoms with Gasteiger partial charge in [-0.05, 0) is 0 Å². The van der Waals surface area contributed by atoms with Crippen LogP contribution in [0.3, 0.4) is 0 Å². The monoisotopic (exact) mass is 159 g/mol. The zero-order chi connectivity index (χ0) is 7.23. The van der Waals surface area contributed by atoms with Crippen LogP contribution in [-0.2, 0) is 0 Å². The summed E-state index contributed by atoms with van der Waals surface area (Å²) in [4.78, 5) is 0. The molecule has 0 unspecified atom stereocenters. The lowest BCUT2D eigenvalue weighted by atomic mass is 10.5. The van der Waals surface area contributed by atoms with Gasteiger partial charge in [0.05, 0.1) is 11.7 Å². The van der Waals surface area contributed by atoms with E-state index in [1.165, 1.54) is 0 Å². The minimum absolute atomic E-state index is 0.661. The average molecular weight is 159 g/mol. The Bertz CT molecular complexity index is 162. The molecule has 0 saturated carbocycles. The topological polar surface area (TPSA) is 80.4 Å². The molecule has 0 saturated heterocycles. The Hall–Kier alpha value is -0.620. The zero-order valence-corrected chi connectivity index (χ0v) is 6.34. The zero-order valence-electron chi connectivity index (χ0n) is 5.53. The predicted molar refractivity (Wildman–Crippen MR) is 36.2 cm³/mol. The van der Waals surface area contributed by atoms with E-state index in [-0.39, 0.29) is 0 Å². The molecule has 0 aromatic carbocycles. The molecule has 0 amide bonds. The third-order valence-corrected chi connectivity index (χ3v) is 1.84. The van der Waals surface area contributed by atoms with Crippen molar-refractivity contribution >= 4 is 11.8 Å². The summed E-state index contributed by atoms with van der Waals surface area (Å²) in [6.07, 6.45) is 1.08. The summed E-state index contributed by atoms with van der Waals surface area (Å²) in [5.41, 5.74) is 3.72. The molecular weight excluding hydrogens is 150 g/mol. The van der Waals surface area contributed by atoms with Gasteiger partial charge < -0.3 is 10.8 Å². The molecule has 56 valence electrons. The summed E-state index contributed by atoms with van der Waals surface area (Å²) in [5, 5.41) is 14.7. The van der Waals surface area contributed by atoms with Crippen molar-refractivity contribution in [3.05, 3.63) is 0 Å². The standard InChI is InChI=1S/C4H8N5S/c5-2-1-3-10-4-6-8-9-7-4/h1-3,5H2/q-1/p+1. The summed E-state index contributed by atoms with van der Waals surface area (Å²) >= 11 is 1.56. The molecule has 0 fully saturated rings. The smallest absolute Gasteiger partial charge is 0.0747 e. The van der Waals surface area contributed by atoms with Gasteiger partial charge in [-0.25, -0.2) is 0 Å². The van der Waals surface area contributed by atoms with Crippen molar-refractivity contribution in [2.24, 2.45) is 0 Å². The number of hydrogen-bond donors (Lipinski definition) is 1. The largest absolute Gasteiger partial charge is 0.358 e. The van der Waals surface area contributed by atoms with Crippen molar-refractivity contribution < 1.29 is 5.73 Å². The number of quaternary nitrogens is 1. The van der Waals surface area contributed by atoms with Gasteiger partial charge in [0.25, 0.3) is 0 Å². The van der Waals surface area contributed by atoms with E-state index in [2.05, 4.69) is 26.4 Å². The highest BCUT2D eigenvalue weighted by molar-refractivity contribution is 7.99. The molecule has 0 bridgehead atoms. The Morgan fingerprint density at radius 2 is 2.50 bits per heavy atom. The van der Waals surface area contributed by atoms with Gasteiger partial charge in [0.15, 0.2) is 0 Å². The van der Waals surface area contributed by atoms with Crippen molar-refractivity contribution in [1.82, 2.24) is 20.6 Å². The highest BCUT2D eigenvalue weighted by Crippen LogP contribution is 2.08. The summed E-state index contributed by atoms with van der Waals surface area (Å²) in [6.45, 7) is 0.953. The fraction of sp³-hybridized carbons (Fsp3) is 0.750. The second-order valence-corrected chi connectivity index (χ2v) is 2.78. The Morgan fingerprint density at radius 3 is 3.10 bits per heavy atom. The van der Waals surface area contributed by atoms with Crippen molar-refractivity contribution in [2.45, 2.75) is 11.6 Å². The lowest BCUT2D eigenvalue weighted by Crippen LogP contribution is -2.50. The maximum Gasteiger partial charge on any atom is 0.0747 e. The Balaban J connectivity index is 2.15. The molecule has 0 aliphatic carbocycles. The number of rotatable bonds is 4. The fourth-order valence-electron chi connectivity index (χ4n) is 0.460. The van der Waals surface area contributed by atoms with Crippen molar-refractivity contribution in [3.63, 3.8) is 0 Å². The Kier molecular flexibility index (Phi) is 3.17. The van der Waals surface area contributed by atoms with E-state index in [0.717, 1.165) is 18.7 Å². The number of tetrazole rings is 1. The average Bonchev–Trinajstić information content (AvgIpc) is 2.41. The number of hydrogen-bond acceptors (Lipinski definition) is 4. The molecule has 1 rings (SSSR count). The van der Waals surface area contributed by atoms with E-state index >= 15 is 0 Å². The van der Waals surface area contributed by atoms with Crippen LogP contribution in [0.15, 0.2) is 5.16 Å². The molecule has 1 aromatic rings. The normalized spacial score (nSPS) is 10.1. The fourth-order valence-corrected chi connectivity index (χ4v) is 1.18. The van der Waals surface area contributed by atoms with Gasteiger partial charge in [-0.1, -0.05) is 0 Å². The summed E-state index contributed by atoms with van der Waals surface area (Å²) < 4.78 is 0. The first-order valence-electron chi connectivity index (χ1n) is 3.04. The van der Waals surface area contributed by atoms with Crippen molar-refractivity contribution in [3.8, 4) is 0 Å².